The molecule has 0 spiro atoms. The molecule has 2 N–H and O–H groups in total. The fraction of sp³-hybridized carbons (Fsp3) is 0.417. The second kappa shape index (κ2) is 7.18. The first-order valence-corrected chi connectivity index (χ1v) is 8.65. The molecule has 4 nitrogen and oxygen atoms in total. The molecule has 0 radical (unpaired) electrons. The van der Waals surface area contributed by atoms with E-state index in [0.717, 1.165) is 16.3 Å². The van der Waals surface area contributed by atoms with Crippen LogP contribution in [0.5, 0.6) is 0 Å². The lowest BCUT2D eigenvalue weighted by Crippen LogP contribution is -2.45. The number of carbonyl (C=O) groups is 1. The molecule has 1 unspecified atom stereocenters. The summed E-state index contributed by atoms with van der Waals surface area (Å²) in [6.07, 6.45) is 0. The number of rotatable bonds is 4. The van der Waals surface area contributed by atoms with Gasteiger partial charge in [-0.05, 0) is 101 Å². The van der Waals surface area contributed by atoms with Crippen LogP contribution < -0.4 is 5.73 Å². The van der Waals surface area contributed by atoms with Crippen molar-refractivity contribution in [2.24, 2.45) is 5.73 Å². The largest absolute Gasteiger partial charge is 0.448 e. The Morgan fingerprint density at radius 1 is 1.32 bits per heavy atom. The van der Waals surface area contributed by atoms with Gasteiger partial charge in [-0.2, -0.15) is 0 Å². The molecule has 0 saturated carbocycles. The van der Waals surface area contributed by atoms with Crippen LogP contribution in [-0.2, 0) is 15.1 Å². The summed E-state index contributed by atoms with van der Waals surface area (Å²) >= 11 is 6.65. The molecule has 0 fully saturated rings. The third-order valence-corrected chi connectivity index (χ3v) is 4.73. The zero-order valence-electron chi connectivity index (χ0n) is 10.8. The van der Waals surface area contributed by atoms with Gasteiger partial charge < -0.3 is 10.5 Å². The van der Waals surface area contributed by atoms with Crippen molar-refractivity contribution < 1.29 is 9.53 Å². The van der Waals surface area contributed by atoms with Crippen LogP contribution in [0.3, 0.4) is 0 Å². The number of nitrogens with zero attached hydrogens (tertiary/aromatic N) is 1. The molecule has 19 heavy (non-hydrogen) atoms. The summed E-state index contributed by atoms with van der Waals surface area (Å²) in [5.74, 6) is -0.418. The topological polar surface area (TPSA) is 55.6 Å². The molecule has 1 aromatic carbocycles. The van der Waals surface area contributed by atoms with E-state index in [-0.39, 0.29) is 6.73 Å². The van der Waals surface area contributed by atoms with Crippen molar-refractivity contribution in [2.75, 3.05) is 20.8 Å². The van der Waals surface area contributed by atoms with E-state index in [1.54, 1.807) is 11.8 Å². The highest BCUT2D eigenvalue weighted by Crippen LogP contribution is 2.31. The fourth-order valence-corrected chi connectivity index (χ4v) is 6.18. The molecule has 0 aromatic heterocycles. The van der Waals surface area contributed by atoms with Crippen LogP contribution in [-0.4, -0.2) is 31.7 Å². The Morgan fingerprint density at radius 3 is 2.21 bits per heavy atom. The molecule has 0 saturated heterocycles. The normalized spacial score (nSPS) is 14.3. The van der Waals surface area contributed by atoms with Gasteiger partial charge in [-0.25, -0.2) is 4.79 Å². The SMILES string of the molecule is CN(C)COC(=O)C(C)(N)c1c(I)cc(I)cc1I. The predicted molar refractivity (Wildman–Crippen MR) is 101 cm³/mol. The van der Waals surface area contributed by atoms with Crippen molar-refractivity contribution >= 4 is 73.7 Å². The van der Waals surface area contributed by atoms with Gasteiger partial charge in [0, 0.05) is 16.3 Å². The summed E-state index contributed by atoms with van der Waals surface area (Å²) in [4.78, 5) is 14.0. The first-order valence-electron chi connectivity index (χ1n) is 5.42. The van der Waals surface area contributed by atoms with E-state index in [1.165, 1.54) is 0 Å². The number of benzene rings is 1. The fourth-order valence-electron chi connectivity index (χ4n) is 1.48. The van der Waals surface area contributed by atoms with E-state index in [2.05, 4.69) is 67.8 Å². The average Bonchev–Trinajstić information content (AvgIpc) is 2.23. The Morgan fingerprint density at radius 2 is 1.79 bits per heavy atom. The van der Waals surface area contributed by atoms with Gasteiger partial charge in [0.1, 0.15) is 12.3 Å². The van der Waals surface area contributed by atoms with E-state index in [4.69, 9.17) is 10.5 Å². The average molecular weight is 600 g/mol. The molecule has 1 rings (SSSR count). The minimum absolute atomic E-state index is 0.225. The molecule has 0 amide bonds. The first kappa shape index (κ1) is 17.9. The Labute approximate surface area is 154 Å². The molecule has 0 bridgehead atoms. The minimum Gasteiger partial charge on any atom is -0.448 e. The number of nitrogens with two attached hydrogens (primary N) is 1. The molecule has 1 aromatic rings. The summed E-state index contributed by atoms with van der Waals surface area (Å²) < 4.78 is 8.28. The standard InChI is InChI=1S/C12H15I3N2O2/c1-12(16,11(18)19-6-17(2)3)10-8(14)4-7(13)5-9(10)15/h4-5H,6,16H2,1-3H3. The van der Waals surface area contributed by atoms with Gasteiger partial charge in [-0.3, -0.25) is 4.90 Å². The number of hydrogen-bond donors (Lipinski definition) is 1. The lowest BCUT2D eigenvalue weighted by molar-refractivity contribution is -0.153. The zero-order chi connectivity index (χ0) is 14.8. The van der Waals surface area contributed by atoms with E-state index < -0.39 is 11.5 Å². The minimum atomic E-state index is -1.15. The van der Waals surface area contributed by atoms with Crippen LogP contribution in [0, 0.1) is 10.7 Å². The Kier molecular flexibility index (Phi) is 6.75. The highest BCUT2D eigenvalue weighted by molar-refractivity contribution is 14.1. The van der Waals surface area contributed by atoms with Gasteiger partial charge in [-0.15, -0.1) is 0 Å². The quantitative estimate of drug-likeness (QED) is 0.329. The van der Waals surface area contributed by atoms with Crippen LogP contribution >= 0.6 is 67.8 Å². The molecular formula is C12H15I3N2O2. The number of ether oxygens (including phenoxy) is 1. The van der Waals surface area contributed by atoms with Gasteiger partial charge in [0.15, 0.2) is 0 Å². The maximum Gasteiger partial charge on any atom is 0.331 e. The number of hydrogen-bond acceptors (Lipinski definition) is 4. The van der Waals surface area contributed by atoms with Crippen molar-refractivity contribution in [3.63, 3.8) is 0 Å². The monoisotopic (exact) mass is 600 g/mol. The zero-order valence-corrected chi connectivity index (χ0v) is 17.3. The summed E-state index contributed by atoms with van der Waals surface area (Å²) in [6.45, 7) is 1.92. The second-order valence-corrected chi connectivity index (χ2v) is 8.16. The smallest absolute Gasteiger partial charge is 0.331 e. The van der Waals surface area contributed by atoms with Crippen molar-refractivity contribution in [1.82, 2.24) is 4.90 Å². The Bertz CT molecular complexity index is 467. The number of halogens is 3. The van der Waals surface area contributed by atoms with E-state index in [0.29, 0.717) is 0 Å². The highest BCUT2D eigenvalue weighted by Gasteiger charge is 2.36. The lowest BCUT2D eigenvalue weighted by Gasteiger charge is -2.26. The van der Waals surface area contributed by atoms with Crippen molar-refractivity contribution in [1.29, 1.82) is 0 Å². The van der Waals surface area contributed by atoms with Crippen LogP contribution in [0.2, 0.25) is 0 Å². The molecule has 1 atom stereocenters. The molecule has 0 aliphatic heterocycles. The molecule has 7 heteroatoms. The van der Waals surface area contributed by atoms with Crippen LogP contribution in [0.15, 0.2) is 12.1 Å². The van der Waals surface area contributed by atoms with Crippen molar-refractivity contribution in [3.8, 4) is 0 Å². The Balaban J connectivity index is 3.09. The van der Waals surface area contributed by atoms with Gasteiger partial charge in [0.05, 0.1) is 0 Å². The van der Waals surface area contributed by atoms with Crippen molar-refractivity contribution in [2.45, 2.75) is 12.5 Å². The van der Waals surface area contributed by atoms with Crippen LogP contribution in [0.4, 0.5) is 0 Å². The lowest BCUT2D eigenvalue weighted by atomic mass is 9.93. The van der Waals surface area contributed by atoms with Crippen LogP contribution in [0.1, 0.15) is 12.5 Å². The number of esters is 1. The first-order chi connectivity index (χ1) is 8.66. The van der Waals surface area contributed by atoms with E-state index in [1.807, 2.05) is 26.2 Å². The van der Waals surface area contributed by atoms with Crippen LogP contribution in [0.25, 0.3) is 0 Å². The maximum absolute atomic E-state index is 12.2. The molecule has 106 valence electrons. The number of carbonyl (C=O) groups excluding carboxylic acids is 1. The summed E-state index contributed by atoms with van der Waals surface area (Å²) in [5.41, 5.74) is 5.89. The molecule has 0 aliphatic rings. The van der Waals surface area contributed by atoms with Gasteiger partial charge in [0.2, 0.25) is 0 Å². The molecule has 0 heterocycles. The molecule has 0 aliphatic carbocycles. The Hall–Kier alpha value is 0.800. The second-order valence-electron chi connectivity index (χ2n) is 4.59. The third kappa shape index (κ3) is 4.64. The van der Waals surface area contributed by atoms with E-state index in [9.17, 15) is 4.79 Å². The van der Waals surface area contributed by atoms with Gasteiger partial charge in [0.25, 0.3) is 0 Å². The van der Waals surface area contributed by atoms with Gasteiger partial charge >= 0.3 is 5.97 Å². The van der Waals surface area contributed by atoms with Crippen molar-refractivity contribution in [3.05, 3.63) is 28.4 Å². The summed E-state index contributed by atoms with van der Waals surface area (Å²) in [6, 6.07) is 4.01. The summed E-state index contributed by atoms with van der Waals surface area (Å²) in [7, 11) is 3.67. The highest BCUT2D eigenvalue weighted by atomic mass is 127. The maximum atomic E-state index is 12.2. The summed E-state index contributed by atoms with van der Waals surface area (Å²) in [5, 5.41) is 0. The predicted octanol–water partition coefficient (Wildman–Crippen LogP) is 2.74. The molecular weight excluding hydrogens is 585 g/mol. The third-order valence-electron chi connectivity index (χ3n) is 2.40. The van der Waals surface area contributed by atoms with Gasteiger partial charge in [-0.1, -0.05) is 0 Å². The van der Waals surface area contributed by atoms with E-state index >= 15 is 0 Å².